The Morgan fingerprint density at radius 2 is 1.72 bits per heavy atom. The first-order valence-electron chi connectivity index (χ1n) is 5.47. The molecule has 0 heterocycles. The largest absolute Gasteiger partial charge is 0.484 e. The number of anilines is 1. The molecule has 0 saturated heterocycles. The van der Waals surface area contributed by atoms with Gasteiger partial charge in [0.1, 0.15) is 5.75 Å². The van der Waals surface area contributed by atoms with Crippen molar-refractivity contribution in [2.75, 3.05) is 11.9 Å². The zero-order valence-corrected chi connectivity index (χ0v) is 10.4. The molecule has 2 aromatic carbocycles. The lowest BCUT2D eigenvalue weighted by Crippen LogP contribution is -2.20. The normalized spacial score (nSPS) is 9.83. The van der Waals surface area contributed by atoms with Crippen molar-refractivity contribution >= 4 is 23.2 Å². The number of carbonyl (C=O) groups excluding carboxylic acids is 1. The molecule has 1 amide bonds. The third-order valence-electron chi connectivity index (χ3n) is 2.24. The highest BCUT2D eigenvalue weighted by Gasteiger charge is 2.03. The van der Waals surface area contributed by atoms with E-state index in [2.05, 4.69) is 5.32 Å². The maximum atomic E-state index is 11.6. The molecule has 18 heavy (non-hydrogen) atoms. The Morgan fingerprint density at radius 3 is 2.39 bits per heavy atom. The molecule has 4 heteroatoms. The Bertz CT molecular complexity index is 511. The van der Waals surface area contributed by atoms with Gasteiger partial charge in [-0.2, -0.15) is 0 Å². The van der Waals surface area contributed by atoms with Gasteiger partial charge in [-0.1, -0.05) is 29.8 Å². The Labute approximate surface area is 110 Å². The molecule has 1 N–H and O–H groups in total. The van der Waals surface area contributed by atoms with Crippen molar-refractivity contribution in [1.82, 2.24) is 0 Å². The zero-order valence-electron chi connectivity index (χ0n) is 9.60. The molecule has 2 rings (SSSR count). The smallest absolute Gasteiger partial charge is 0.262 e. The lowest BCUT2D eigenvalue weighted by Gasteiger charge is -2.07. The Morgan fingerprint density at radius 1 is 1.06 bits per heavy atom. The maximum Gasteiger partial charge on any atom is 0.262 e. The molecule has 0 fully saturated rings. The highest BCUT2D eigenvalue weighted by atomic mass is 35.5. The van der Waals surface area contributed by atoms with Crippen LogP contribution in [0.1, 0.15) is 0 Å². The highest BCUT2D eigenvalue weighted by Crippen LogP contribution is 2.13. The molecule has 0 aromatic heterocycles. The van der Waals surface area contributed by atoms with Gasteiger partial charge in [-0.3, -0.25) is 4.79 Å². The van der Waals surface area contributed by atoms with Gasteiger partial charge >= 0.3 is 0 Å². The van der Waals surface area contributed by atoms with Crippen molar-refractivity contribution in [3.63, 3.8) is 0 Å². The minimum Gasteiger partial charge on any atom is -0.484 e. The van der Waals surface area contributed by atoms with E-state index in [0.717, 1.165) is 0 Å². The van der Waals surface area contributed by atoms with E-state index in [1.165, 1.54) is 0 Å². The van der Waals surface area contributed by atoms with Crippen molar-refractivity contribution in [2.45, 2.75) is 0 Å². The second-order valence-electron chi connectivity index (χ2n) is 3.66. The second kappa shape index (κ2) is 6.07. The van der Waals surface area contributed by atoms with Gasteiger partial charge in [0.15, 0.2) is 6.61 Å². The Hall–Kier alpha value is -2.00. The van der Waals surface area contributed by atoms with Gasteiger partial charge in [0.2, 0.25) is 0 Å². The van der Waals surface area contributed by atoms with Gasteiger partial charge in [-0.15, -0.1) is 0 Å². The molecule has 0 unspecified atom stereocenters. The van der Waals surface area contributed by atoms with Gasteiger partial charge < -0.3 is 10.1 Å². The zero-order chi connectivity index (χ0) is 12.8. The van der Waals surface area contributed by atoms with Crippen LogP contribution in [0.25, 0.3) is 0 Å². The first-order valence-corrected chi connectivity index (χ1v) is 5.85. The number of nitrogens with one attached hydrogen (secondary N) is 1. The van der Waals surface area contributed by atoms with E-state index in [1.54, 1.807) is 36.4 Å². The lowest BCUT2D eigenvalue weighted by molar-refractivity contribution is -0.118. The van der Waals surface area contributed by atoms with E-state index in [1.807, 2.05) is 18.2 Å². The number of hydrogen-bond donors (Lipinski definition) is 1. The van der Waals surface area contributed by atoms with Crippen LogP contribution in [0.15, 0.2) is 54.6 Å². The number of ether oxygens (including phenoxy) is 1. The second-order valence-corrected chi connectivity index (χ2v) is 4.09. The number of rotatable bonds is 4. The van der Waals surface area contributed by atoms with Crippen LogP contribution in [0, 0.1) is 0 Å². The number of halogens is 1. The fraction of sp³-hybridized carbons (Fsp3) is 0.0714. The van der Waals surface area contributed by atoms with E-state index < -0.39 is 0 Å². The summed E-state index contributed by atoms with van der Waals surface area (Å²) in [5.41, 5.74) is 0.695. The third kappa shape index (κ3) is 3.79. The van der Waals surface area contributed by atoms with Crippen molar-refractivity contribution < 1.29 is 9.53 Å². The van der Waals surface area contributed by atoms with Crippen molar-refractivity contribution in [3.05, 3.63) is 59.6 Å². The molecule has 0 saturated carbocycles. The molecule has 3 nitrogen and oxygen atoms in total. The van der Waals surface area contributed by atoms with Crippen molar-refractivity contribution in [3.8, 4) is 5.75 Å². The van der Waals surface area contributed by atoms with Gasteiger partial charge in [-0.25, -0.2) is 0 Å². The van der Waals surface area contributed by atoms with E-state index in [-0.39, 0.29) is 12.5 Å². The maximum absolute atomic E-state index is 11.6. The minimum atomic E-state index is -0.207. The van der Waals surface area contributed by atoms with E-state index in [4.69, 9.17) is 16.3 Å². The van der Waals surface area contributed by atoms with Gasteiger partial charge in [-0.05, 0) is 36.4 Å². The first-order chi connectivity index (χ1) is 8.74. The molecule has 0 bridgehead atoms. The average Bonchev–Trinajstić information content (AvgIpc) is 2.40. The van der Waals surface area contributed by atoms with Crippen LogP contribution in [-0.2, 0) is 4.79 Å². The van der Waals surface area contributed by atoms with Crippen LogP contribution < -0.4 is 10.1 Å². The van der Waals surface area contributed by atoms with Gasteiger partial charge in [0.05, 0.1) is 0 Å². The number of para-hydroxylation sites is 1. The summed E-state index contributed by atoms with van der Waals surface area (Å²) in [7, 11) is 0. The Balaban J connectivity index is 1.84. The van der Waals surface area contributed by atoms with Crippen LogP contribution in [0.3, 0.4) is 0 Å². The topological polar surface area (TPSA) is 38.3 Å². The SMILES string of the molecule is O=C(COc1ccccc1)Nc1ccc(Cl)cc1. The average molecular weight is 262 g/mol. The number of amides is 1. The molecule has 2 aromatic rings. The summed E-state index contributed by atoms with van der Waals surface area (Å²) < 4.78 is 5.33. The summed E-state index contributed by atoms with van der Waals surface area (Å²) in [5.74, 6) is 0.463. The third-order valence-corrected chi connectivity index (χ3v) is 2.49. The fourth-order valence-corrected chi connectivity index (χ4v) is 1.52. The van der Waals surface area contributed by atoms with E-state index in [9.17, 15) is 4.79 Å². The molecule has 0 aliphatic heterocycles. The number of benzene rings is 2. The fourth-order valence-electron chi connectivity index (χ4n) is 1.40. The summed E-state index contributed by atoms with van der Waals surface area (Å²) in [6, 6.07) is 16.1. The van der Waals surface area contributed by atoms with E-state index in [0.29, 0.717) is 16.5 Å². The summed E-state index contributed by atoms with van der Waals surface area (Å²) in [5, 5.41) is 3.35. The summed E-state index contributed by atoms with van der Waals surface area (Å²) in [6.45, 7) is -0.0212. The summed E-state index contributed by atoms with van der Waals surface area (Å²) in [4.78, 5) is 11.6. The molecule has 92 valence electrons. The molecule has 0 radical (unpaired) electrons. The minimum absolute atomic E-state index is 0.0212. The van der Waals surface area contributed by atoms with Crippen molar-refractivity contribution in [1.29, 1.82) is 0 Å². The van der Waals surface area contributed by atoms with Crippen LogP contribution >= 0.6 is 11.6 Å². The van der Waals surface area contributed by atoms with Crippen LogP contribution in [0.5, 0.6) is 5.75 Å². The monoisotopic (exact) mass is 261 g/mol. The predicted molar refractivity (Wildman–Crippen MR) is 72.0 cm³/mol. The van der Waals surface area contributed by atoms with Crippen LogP contribution in [0.2, 0.25) is 5.02 Å². The van der Waals surface area contributed by atoms with Crippen molar-refractivity contribution in [2.24, 2.45) is 0 Å². The lowest BCUT2D eigenvalue weighted by atomic mass is 10.3. The first kappa shape index (κ1) is 12.5. The molecular formula is C14H12ClNO2. The standard InChI is InChI=1S/C14H12ClNO2/c15-11-6-8-12(9-7-11)16-14(17)10-18-13-4-2-1-3-5-13/h1-9H,10H2,(H,16,17). The highest BCUT2D eigenvalue weighted by molar-refractivity contribution is 6.30. The molecule has 0 aliphatic rings. The van der Waals surface area contributed by atoms with Crippen LogP contribution in [-0.4, -0.2) is 12.5 Å². The van der Waals surface area contributed by atoms with Gasteiger partial charge in [0.25, 0.3) is 5.91 Å². The number of carbonyl (C=O) groups is 1. The quantitative estimate of drug-likeness (QED) is 0.917. The van der Waals surface area contributed by atoms with E-state index >= 15 is 0 Å². The van der Waals surface area contributed by atoms with Crippen LogP contribution in [0.4, 0.5) is 5.69 Å². The summed E-state index contributed by atoms with van der Waals surface area (Å²) in [6.07, 6.45) is 0. The molecule has 0 aliphatic carbocycles. The van der Waals surface area contributed by atoms with Gasteiger partial charge in [0, 0.05) is 10.7 Å². The molecule has 0 spiro atoms. The Kier molecular flexibility index (Phi) is 4.20. The summed E-state index contributed by atoms with van der Waals surface area (Å²) >= 11 is 5.75. The predicted octanol–water partition coefficient (Wildman–Crippen LogP) is 3.36. The molecular weight excluding hydrogens is 250 g/mol. The number of hydrogen-bond acceptors (Lipinski definition) is 2. The molecule has 0 atom stereocenters.